The van der Waals surface area contributed by atoms with Crippen LogP contribution in [0.3, 0.4) is 0 Å². The molecule has 0 aliphatic carbocycles. The SMILES string of the molecule is CCc1ccc(C2NC(=O)NC(C)=C2C(=O)Nc2ccc(F)cc2)s1. The Morgan fingerprint density at radius 3 is 2.60 bits per heavy atom. The number of anilines is 1. The first-order valence-electron chi connectivity index (χ1n) is 7.91. The van der Waals surface area contributed by atoms with Crippen LogP contribution in [0.1, 0.15) is 29.6 Å². The molecule has 2 aromatic rings. The van der Waals surface area contributed by atoms with Gasteiger partial charge >= 0.3 is 6.03 Å². The third-order valence-corrected chi connectivity index (χ3v) is 5.23. The summed E-state index contributed by atoms with van der Waals surface area (Å²) in [4.78, 5) is 26.7. The van der Waals surface area contributed by atoms with E-state index in [4.69, 9.17) is 0 Å². The average Bonchev–Trinajstić information content (AvgIpc) is 3.05. The second-order valence-corrected chi connectivity index (χ2v) is 6.89. The van der Waals surface area contributed by atoms with Crippen molar-refractivity contribution < 1.29 is 14.0 Å². The van der Waals surface area contributed by atoms with Gasteiger partial charge in [0.15, 0.2) is 0 Å². The highest BCUT2D eigenvalue weighted by Crippen LogP contribution is 2.32. The molecule has 3 N–H and O–H groups in total. The minimum atomic E-state index is -0.514. The average molecular weight is 359 g/mol. The molecule has 0 spiro atoms. The molecule has 0 fully saturated rings. The fourth-order valence-electron chi connectivity index (χ4n) is 2.68. The van der Waals surface area contributed by atoms with Crippen molar-refractivity contribution in [3.8, 4) is 0 Å². The Morgan fingerprint density at radius 2 is 1.96 bits per heavy atom. The van der Waals surface area contributed by atoms with Crippen molar-refractivity contribution in [2.75, 3.05) is 5.32 Å². The third-order valence-electron chi connectivity index (χ3n) is 3.93. The van der Waals surface area contributed by atoms with Gasteiger partial charge in [0.2, 0.25) is 0 Å². The van der Waals surface area contributed by atoms with Crippen LogP contribution in [0.2, 0.25) is 0 Å². The minimum absolute atomic E-state index is 0.340. The number of hydrogen-bond acceptors (Lipinski definition) is 3. The lowest BCUT2D eigenvalue weighted by Crippen LogP contribution is -2.45. The van der Waals surface area contributed by atoms with Crippen LogP contribution in [0.5, 0.6) is 0 Å². The van der Waals surface area contributed by atoms with Crippen molar-refractivity contribution in [2.24, 2.45) is 0 Å². The summed E-state index contributed by atoms with van der Waals surface area (Å²) >= 11 is 1.57. The number of thiophene rings is 1. The molecule has 1 atom stereocenters. The van der Waals surface area contributed by atoms with Crippen molar-refractivity contribution in [3.63, 3.8) is 0 Å². The molecule has 0 saturated carbocycles. The number of amides is 3. The smallest absolute Gasteiger partial charge is 0.319 e. The molecule has 25 heavy (non-hydrogen) atoms. The number of rotatable bonds is 4. The summed E-state index contributed by atoms with van der Waals surface area (Å²) in [6, 6.07) is 8.62. The summed E-state index contributed by atoms with van der Waals surface area (Å²) in [5.41, 5.74) is 1.43. The summed E-state index contributed by atoms with van der Waals surface area (Å²) in [6.45, 7) is 3.75. The molecule has 0 saturated heterocycles. The van der Waals surface area contributed by atoms with Crippen molar-refractivity contribution in [1.29, 1.82) is 0 Å². The Labute approximate surface area is 148 Å². The van der Waals surface area contributed by atoms with E-state index in [1.807, 2.05) is 12.1 Å². The summed E-state index contributed by atoms with van der Waals surface area (Å²) in [6.07, 6.45) is 0.892. The number of carbonyl (C=O) groups is 2. The monoisotopic (exact) mass is 359 g/mol. The quantitative estimate of drug-likeness (QED) is 0.779. The molecule has 3 amide bonds. The van der Waals surface area contributed by atoms with Gasteiger partial charge in [-0.1, -0.05) is 6.92 Å². The normalized spacial score (nSPS) is 17.1. The van der Waals surface area contributed by atoms with E-state index in [-0.39, 0.29) is 17.8 Å². The van der Waals surface area contributed by atoms with Gasteiger partial charge in [-0.25, -0.2) is 9.18 Å². The number of allylic oxidation sites excluding steroid dienone is 1. The topological polar surface area (TPSA) is 70.2 Å². The molecule has 2 heterocycles. The predicted molar refractivity (Wildman–Crippen MR) is 95.8 cm³/mol. The Kier molecular flexibility index (Phi) is 4.85. The maximum Gasteiger partial charge on any atom is 0.319 e. The van der Waals surface area contributed by atoms with Gasteiger partial charge in [-0.2, -0.15) is 0 Å². The third kappa shape index (κ3) is 3.71. The maximum absolute atomic E-state index is 13.0. The lowest BCUT2D eigenvalue weighted by molar-refractivity contribution is -0.113. The molecule has 1 aliphatic heterocycles. The fraction of sp³-hybridized carbons (Fsp3) is 0.222. The van der Waals surface area contributed by atoms with E-state index in [2.05, 4.69) is 22.9 Å². The van der Waals surface area contributed by atoms with E-state index in [1.54, 1.807) is 18.3 Å². The van der Waals surface area contributed by atoms with Crippen molar-refractivity contribution in [3.05, 3.63) is 63.2 Å². The molecular weight excluding hydrogens is 341 g/mol. The fourth-order valence-corrected chi connectivity index (χ4v) is 3.69. The van der Waals surface area contributed by atoms with Gasteiger partial charge in [0, 0.05) is 21.1 Å². The molecule has 3 rings (SSSR count). The molecule has 1 unspecified atom stereocenters. The second-order valence-electron chi connectivity index (χ2n) is 5.69. The highest BCUT2D eigenvalue weighted by Gasteiger charge is 2.32. The maximum atomic E-state index is 13.0. The summed E-state index contributed by atoms with van der Waals surface area (Å²) < 4.78 is 13.0. The number of aryl methyl sites for hydroxylation is 1. The zero-order chi connectivity index (χ0) is 18.0. The summed E-state index contributed by atoms with van der Waals surface area (Å²) in [5, 5.41) is 8.20. The van der Waals surface area contributed by atoms with Crippen LogP contribution in [-0.2, 0) is 11.2 Å². The van der Waals surface area contributed by atoms with E-state index < -0.39 is 6.04 Å². The predicted octanol–water partition coefficient (Wildman–Crippen LogP) is 3.72. The van der Waals surface area contributed by atoms with Crippen LogP contribution in [0.4, 0.5) is 14.9 Å². The lowest BCUT2D eigenvalue weighted by Gasteiger charge is -2.27. The van der Waals surface area contributed by atoms with Crippen LogP contribution in [0.25, 0.3) is 0 Å². The van der Waals surface area contributed by atoms with E-state index >= 15 is 0 Å². The molecular formula is C18H18FN3O2S. The van der Waals surface area contributed by atoms with Crippen LogP contribution >= 0.6 is 11.3 Å². The number of carbonyl (C=O) groups excluding carboxylic acids is 2. The summed E-state index contributed by atoms with van der Waals surface area (Å²) in [5.74, 6) is -0.711. The van der Waals surface area contributed by atoms with Gasteiger partial charge in [-0.15, -0.1) is 11.3 Å². The Bertz CT molecular complexity index is 842. The van der Waals surface area contributed by atoms with Gasteiger partial charge in [0.25, 0.3) is 5.91 Å². The largest absolute Gasteiger partial charge is 0.326 e. The zero-order valence-corrected chi connectivity index (χ0v) is 14.7. The molecule has 0 bridgehead atoms. The first-order chi connectivity index (χ1) is 12.0. The molecule has 7 heteroatoms. The molecule has 130 valence electrons. The molecule has 1 aliphatic rings. The van der Waals surface area contributed by atoms with Crippen LogP contribution in [0, 0.1) is 5.82 Å². The molecule has 1 aromatic heterocycles. The van der Waals surface area contributed by atoms with E-state index in [1.165, 1.54) is 29.1 Å². The Morgan fingerprint density at radius 1 is 1.24 bits per heavy atom. The summed E-state index contributed by atoms with van der Waals surface area (Å²) in [7, 11) is 0. The number of hydrogen-bond donors (Lipinski definition) is 3. The number of benzene rings is 1. The lowest BCUT2D eigenvalue weighted by atomic mass is 10.0. The minimum Gasteiger partial charge on any atom is -0.326 e. The van der Waals surface area contributed by atoms with E-state index in [9.17, 15) is 14.0 Å². The van der Waals surface area contributed by atoms with E-state index in [0.717, 1.165) is 11.3 Å². The van der Waals surface area contributed by atoms with Crippen LogP contribution in [-0.4, -0.2) is 11.9 Å². The van der Waals surface area contributed by atoms with Gasteiger partial charge in [-0.05, 0) is 49.7 Å². The first-order valence-corrected chi connectivity index (χ1v) is 8.73. The molecule has 5 nitrogen and oxygen atoms in total. The zero-order valence-electron chi connectivity index (χ0n) is 13.9. The van der Waals surface area contributed by atoms with Gasteiger partial charge < -0.3 is 16.0 Å². The number of halogens is 1. The van der Waals surface area contributed by atoms with Crippen molar-refractivity contribution in [1.82, 2.24) is 10.6 Å². The van der Waals surface area contributed by atoms with Crippen LogP contribution < -0.4 is 16.0 Å². The molecule has 1 aromatic carbocycles. The number of urea groups is 1. The Balaban J connectivity index is 1.91. The first kappa shape index (κ1) is 17.2. The van der Waals surface area contributed by atoms with Gasteiger partial charge in [0.1, 0.15) is 5.82 Å². The highest BCUT2D eigenvalue weighted by atomic mass is 32.1. The Hall–Kier alpha value is -2.67. The highest BCUT2D eigenvalue weighted by molar-refractivity contribution is 7.12. The van der Waals surface area contributed by atoms with Crippen molar-refractivity contribution in [2.45, 2.75) is 26.3 Å². The number of nitrogens with one attached hydrogen (secondary N) is 3. The van der Waals surface area contributed by atoms with Crippen molar-refractivity contribution >= 4 is 29.0 Å². The van der Waals surface area contributed by atoms with Crippen LogP contribution in [0.15, 0.2) is 47.7 Å². The van der Waals surface area contributed by atoms with Gasteiger partial charge in [-0.3, -0.25) is 4.79 Å². The second kappa shape index (κ2) is 7.06. The van der Waals surface area contributed by atoms with E-state index in [0.29, 0.717) is 17.0 Å². The van der Waals surface area contributed by atoms with Gasteiger partial charge in [0.05, 0.1) is 11.6 Å². The standard InChI is InChI=1S/C18H18FN3O2S/c1-3-13-8-9-14(25-13)16-15(10(2)20-18(24)22-16)17(23)21-12-6-4-11(19)5-7-12/h4-9,16H,3H2,1-2H3,(H,21,23)(H2,20,22,24). The molecule has 0 radical (unpaired) electrons.